The maximum Gasteiger partial charge on any atom is 0.356 e. The fourth-order valence-corrected chi connectivity index (χ4v) is 2.37. The van der Waals surface area contributed by atoms with Crippen molar-refractivity contribution in [3.8, 4) is 0 Å². The number of rotatable bonds is 6. The van der Waals surface area contributed by atoms with Gasteiger partial charge in [-0.15, -0.1) is 0 Å². The molecule has 0 fully saturated rings. The molecule has 0 amide bonds. The summed E-state index contributed by atoms with van der Waals surface area (Å²) in [5, 5.41) is 5.92. The molecule has 2 N–H and O–H groups in total. The lowest BCUT2D eigenvalue weighted by Gasteiger charge is -2.16. The van der Waals surface area contributed by atoms with Crippen molar-refractivity contribution in [2.24, 2.45) is 0 Å². The lowest BCUT2D eigenvalue weighted by molar-refractivity contribution is -0.139. The van der Waals surface area contributed by atoms with Crippen LogP contribution in [0.3, 0.4) is 0 Å². The molecule has 2 aromatic rings. The van der Waals surface area contributed by atoms with Crippen LogP contribution in [0.2, 0.25) is 0 Å². The Labute approximate surface area is 152 Å². The highest BCUT2D eigenvalue weighted by atomic mass is 16.5. The fourth-order valence-electron chi connectivity index (χ4n) is 2.37. The number of methoxy groups -OCH3 is 2. The number of hydrogen-bond donors (Lipinski definition) is 2. The third-order valence-corrected chi connectivity index (χ3v) is 3.60. The molecule has 2 aromatic carbocycles. The SMILES string of the molecule is COC(=O)/C(Nc1cccc(C)c1)=C(\Nc1cccc(C)c1)C(=O)OC. The molecule has 136 valence electrons. The average molecular weight is 354 g/mol. The molecule has 0 aliphatic carbocycles. The molecule has 0 spiro atoms. The standard InChI is InChI=1S/C20H22N2O4/c1-13-7-5-9-15(11-13)21-17(19(23)25-3)18(20(24)26-4)22-16-10-6-8-14(2)12-16/h5-12,21-22H,1-4H3/b18-17+. The highest BCUT2D eigenvalue weighted by Crippen LogP contribution is 2.19. The second-order valence-electron chi connectivity index (χ2n) is 5.72. The van der Waals surface area contributed by atoms with Gasteiger partial charge >= 0.3 is 11.9 Å². The van der Waals surface area contributed by atoms with Crippen LogP contribution in [0, 0.1) is 13.8 Å². The zero-order valence-corrected chi connectivity index (χ0v) is 15.3. The molecule has 0 aliphatic rings. The predicted molar refractivity (Wildman–Crippen MR) is 101 cm³/mol. The number of esters is 2. The van der Waals surface area contributed by atoms with E-state index in [0.29, 0.717) is 11.4 Å². The Bertz CT molecular complexity index is 774. The van der Waals surface area contributed by atoms with E-state index in [-0.39, 0.29) is 11.4 Å². The zero-order valence-electron chi connectivity index (χ0n) is 15.3. The van der Waals surface area contributed by atoms with Crippen molar-refractivity contribution >= 4 is 23.3 Å². The van der Waals surface area contributed by atoms with Crippen LogP contribution in [0.5, 0.6) is 0 Å². The largest absolute Gasteiger partial charge is 0.464 e. The van der Waals surface area contributed by atoms with E-state index in [1.54, 1.807) is 12.1 Å². The second kappa shape index (κ2) is 8.71. The van der Waals surface area contributed by atoms with Crippen molar-refractivity contribution in [1.29, 1.82) is 0 Å². The first kappa shape index (κ1) is 19.1. The minimum Gasteiger partial charge on any atom is -0.464 e. The van der Waals surface area contributed by atoms with E-state index < -0.39 is 11.9 Å². The van der Waals surface area contributed by atoms with Crippen LogP contribution in [0.15, 0.2) is 59.9 Å². The van der Waals surface area contributed by atoms with Gasteiger partial charge in [-0.1, -0.05) is 24.3 Å². The van der Waals surface area contributed by atoms with Gasteiger partial charge < -0.3 is 20.1 Å². The summed E-state index contributed by atoms with van der Waals surface area (Å²) >= 11 is 0. The average Bonchev–Trinajstić information content (AvgIpc) is 2.63. The van der Waals surface area contributed by atoms with Gasteiger partial charge in [0.05, 0.1) is 14.2 Å². The monoisotopic (exact) mass is 354 g/mol. The Balaban J connectivity index is 2.51. The molecule has 26 heavy (non-hydrogen) atoms. The van der Waals surface area contributed by atoms with Crippen molar-refractivity contribution in [1.82, 2.24) is 0 Å². The van der Waals surface area contributed by atoms with Crippen LogP contribution >= 0.6 is 0 Å². The lowest BCUT2D eigenvalue weighted by Crippen LogP contribution is -2.24. The number of hydrogen-bond acceptors (Lipinski definition) is 6. The van der Waals surface area contributed by atoms with Crippen molar-refractivity contribution in [2.45, 2.75) is 13.8 Å². The summed E-state index contributed by atoms with van der Waals surface area (Å²) in [6, 6.07) is 14.8. The summed E-state index contributed by atoms with van der Waals surface area (Å²) in [6.07, 6.45) is 0. The van der Waals surface area contributed by atoms with Crippen molar-refractivity contribution in [3.63, 3.8) is 0 Å². The van der Waals surface area contributed by atoms with E-state index in [4.69, 9.17) is 9.47 Å². The minimum absolute atomic E-state index is 0.0357. The van der Waals surface area contributed by atoms with Crippen LogP contribution in [0.25, 0.3) is 0 Å². The first-order valence-electron chi connectivity index (χ1n) is 8.03. The molecule has 0 aliphatic heterocycles. The maximum absolute atomic E-state index is 12.3. The summed E-state index contributed by atoms with van der Waals surface area (Å²) in [6.45, 7) is 3.86. The summed E-state index contributed by atoms with van der Waals surface area (Å²) < 4.78 is 9.69. The zero-order chi connectivity index (χ0) is 19.1. The van der Waals surface area contributed by atoms with E-state index in [1.165, 1.54) is 14.2 Å². The molecule has 0 aromatic heterocycles. The Morgan fingerprint density at radius 1 is 0.731 bits per heavy atom. The molecule has 0 saturated carbocycles. The number of nitrogens with one attached hydrogen (secondary N) is 2. The molecule has 0 bridgehead atoms. The Morgan fingerprint density at radius 3 is 1.42 bits per heavy atom. The van der Waals surface area contributed by atoms with Crippen LogP contribution in [0.4, 0.5) is 11.4 Å². The highest BCUT2D eigenvalue weighted by molar-refractivity contribution is 6.04. The van der Waals surface area contributed by atoms with Crippen LogP contribution in [-0.2, 0) is 19.1 Å². The van der Waals surface area contributed by atoms with Gasteiger partial charge in [0.15, 0.2) is 11.4 Å². The minimum atomic E-state index is -0.688. The number of anilines is 2. The molecule has 6 nitrogen and oxygen atoms in total. The molecule has 0 atom stereocenters. The molecule has 6 heteroatoms. The van der Waals surface area contributed by atoms with E-state index in [2.05, 4.69) is 10.6 Å². The van der Waals surface area contributed by atoms with E-state index in [9.17, 15) is 9.59 Å². The van der Waals surface area contributed by atoms with Gasteiger partial charge in [0.25, 0.3) is 0 Å². The number of benzene rings is 2. The van der Waals surface area contributed by atoms with Gasteiger partial charge in [0.2, 0.25) is 0 Å². The van der Waals surface area contributed by atoms with Gasteiger partial charge in [-0.3, -0.25) is 0 Å². The van der Waals surface area contributed by atoms with Gasteiger partial charge in [-0.2, -0.15) is 0 Å². The molecule has 2 rings (SSSR count). The third kappa shape index (κ3) is 4.86. The number of aryl methyl sites for hydroxylation is 2. The summed E-state index contributed by atoms with van der Waals surface area (Å²) in [5.74, 6) is -1.38. The predicted octanol–water partition coefficient (Wildman–Crippen LogP) is 3.39. The summed E-state index contributed by atoms with van der Waals surface area (Å²) in [7, 11) is 2.50. The van der Waals surface area contributed by atoms with E-state index in [0.717, 1.165) is 11.1 Å². The third-order valence-electron chi connectivity index (χ3n) is 3.60. The summed E-state index contributed by atoms with van der Waals surface area (Å²) in [4.78, 5) is 24.7. The molecular formula is C20H22N2O4. The van der Waals surface area contributed by atoms with Crippen LogP contribution < -0.4 is 10.6 Å². The normalized spacial score (nSPS) is 11.2. The fraction of sp³-hybridized carbons (Fsp3) is 0.200. The van der Waals surface area contributed by atoms with Gasteiger partial charge in [0, 0.05) is 11.4 Å². The lowest BCUT2D eigenvalue weighted by atomic mass is 10.2. The molecule has 0 unspecified atom stereocenters. The Hall–Kier alpha value is -3.28. The van der Waals surface area contributed by atoms with E-state index >= 15 is 0 Å². The van der Waals surface area contributed by atoms with E-state index in [1.807, 2.05) is 50.2 Å². The van der Waals surface area contributed by atoms with Gasteiger partial charge in [-0.25, -0.2) is 9.59 Å². The number of carbonyl (C=O) groups is 2. The van der Waals surface area contributed by atoms with Gasteiger partial charge in [0.1, 0.15) is 0 Å². The van der Waals surface area contributed by atoms with Gasteiger partial charge in [-0.05, 0) is 49.2 Å². The first-order valence-corrected chi connectivity index (χ1v) is 8.03. The van der Waals surface area contributed by atoms with Crippen molar-refractivity contribution in [2.75, 3.05) is 24.9 Å². The quantitative estimate of drug-likeness (QED) is 0.612. The van der Waals surface area contributed by atoms with Crippen LogP contribution in [0.1, 0.15) is 11.1 Å². The topological polar surface area (TPSA) is 76.7 Å². The summed E-state index contributed by atoms with van der Waals surface area (Å²) in [5.41, 5.74) is 3.24. The Morgan fingerprint density at radius 2 is 1.12 bits per heavy atom. The second-order valence-corrected chi connectivity index (χ2v) is 5.72. The number of carbonyl (C=O) groups excluding carboxylic acids is 2. The molecule has 0 radical (unpaired) electrons. The molecular weight excluding hydrogens is 332 g/mol. The maximum atomic E-state index is 12.3. The number of ether oxygens (including phenoxy) is 2. The van der Waals surface area contributed by atoms with Crippen molar-refractivity contribution in [3.05, 3.63) is 71.1 Å². The van der Waals surface area contributed by atoms with Crippen LogP contribution in [-0.4, -0.2) is 26.2 Å². The smallest absolute Gasteiger partial charge is 0.356 e. The Kier molecular flexibility index (Phi) is 6.38. The first-order chi connectivity index (χ1) is 12.4. The van der Waals surface area contributed by atoms with Crippen molar-refractivity contribution < 1.29 is 19.1 Å². The molecule has 0 saturated heterocycles. The highest BCUT2D eigenvalue weighted by Gasteiger charge is 2.23. The molecule has 0 heterocycles.